The molecule has 0 saturated carbocycles. The summed E-state index contributed by atoms with van der Waals surface area (Å²) in [5.74, 6) is -1.03. The fourth-order valence-corrected chi connectivity index (χ4v) is 6.96. The molecule has 0 aromatic heterocycles. The lowest BCUT2D eigenvalue weighted by molar-refractivity contribution is -0.166. The standard InChI is InChI=1S/C60H98O6/c1-4-7-10-13-16-19-22-25-28-29-30-31-33-35-38-41-44-47-50-53-59(62)65-56-57(55-64-58(61)52-49-46-43-40-37-34-27-24-21-18-15-12-9-6-3)66-60(63)54-51-48-45-42-39-36-32-26-23-20-17-14-11-8-5-2/h7,10,16-17,19-20,24-28,30-32,35,38,44,47,57H,4-6,8-9,11-15,18,21-23,29,33-34,36-37,39-43,45-46,48-56H2,1-3H3/b10-7-,19-16-,20-17-,27-24-,28-25-,31-30-,32-26-,38-35-,47-44-. The van der Waals surface area contributed by atoms with Crippen LogP contribution in [0, 0.1) is 0 Å². The number of carbonyl (C=O) groups excluding carboxylic acids is 3. The van der Waals surface area contributed by atoms with Crippen LogP contribution in [0.4, 0.5) is 0 Å². The van der Waals surface area contributed by atoms with Crippen LogP contribution in [-0.4, -0.2) is 37.2 Å². The molecular weight excluding hydrogens is 817 g/mol. The van der Waals surface area contributed by atoms with Crippen LogP contribution < -0.4 is 0 Å². The minimum Gasteiger partial charge on any atom is -0.462 e. The molecule has 0 radical (unpaired) electrons. The number of rotatable bonds is 47. The lowest BCUT2D eigenvalue weighted by atomic mass is 10.1. The molecule has 0 aliphatic heterocycles. The van der Waals surface area contributed by atoms with Gasteiger partial charge < -0.3 is 14.2 Å². The first-order valence-electron chi connectivity index (χ1n) is 26.9. The maximum absolute atomic E-state index is 12.8. The first kappa shape index (κ1) is 62.1. The third-order valence-corrected chi connectivity index (χ3v) is 11.0. The number of esters is 3. The van der Waals surface area contributed by atoms with Gasteiger partial charge in [0.2, 0.25) is 0 Å². The van der Waals surface area contributed by atoms with Gasteiger partial charge in [-0.25, -0.2) is 0 Å². The Morgan fingerprint density at radius 2 is 0.621 bits per heavy atom. The van der Waals surface area contributed by atoms with E-state index in [1.165, 1.54) is 70.6 Å². The minimum atomic E-state index is -0.821. The Bertz CT molecular complexity index is 1370. The molecule has 0 aliphatic rings. The summed E-state index contributed by atoms with van der Waals surface area (Å²) >= 11 is 0. The van der Waals surface area contributed by atoms with Crippen LogP contribution in [0.5, 0.6) is 0 Å². The van der Waals surface area contributed by atoms with Crippen LogP contribution in [-0.2, 0) is 28.6 Å². The summed E-state index contributed by atoms with van der Waals surface area (Å²) in [5, 5.41) is 0. The van der Waals surface area contributed by atoms with Crippen LogP contribution in [0.2, 0.25) is 0 Å². The molecule has 0 aromatic rings. The van der Waals surface area contributed by atoms with Gasteiger partial charge in [0.1, 0.15) is 13.2 Å². The van der Waals surface area contributed by atoms with Gasteiger partial charge in [-0.05, 0) is 116 Å². The number of unbranched alkanes of at least 4 members (excludes halogenated alkanes) is 18. The maximum Gasteiger partial charge on any atom is 0.306 e. The summed E-state index contributed by atoms with van der Waals surface area (Å²) in [6, 6.07) is 0. The molecular formula is C60H98O6. The average Bonchev–Trinajstić information content (AvgIpc) is 3.31. The van der Waals surface area contributed by atoms with Gasteiger partial charge in [0.05, 0.1) is 0 Å². The van der Waals surface area contributed by atoms with Crippen molar-refractivity contribution in [2.24, 2.45) is 0 Å². The third kappa shape index (κ3) is 51.1. The smallest absolute Gasteiger partial charge is 0.306 e. The van der Waals surface area contributed by atoms with Gasteiger partial charge in [0.15, 0.2) is 6.10 Å². The van der Waals surface area contributed by atoms with Crippen LogP contribution in [0.3, 0.4) is 0 Å². The van der Waals surface area contributed by atoms with E-state index in [2.05, 4.69) is 118 Å². The Morgan fingerprint density at radius 1 is 0.318 bits per heavy atom. The average molecular weight is 915 g/mol. The zero-order valence-corrected chi connectivity index (χ0v) is 42.7. The number of allylic oxidation sites excluding steroid dienone is 18. The van der Waals surface area contributed by atoms with E-state index in [4.69, 9.17) is 14.2 Å². The lowest BCUT2D eigenvalue weighted by Crippen LogP contribution is -2.30. The molecule has 0 aromatic carbocycles. The molecule has 66 heavy (non-hydrogen) atoms. The van der Waals surface area contributed by atoms with Crippen molar-refractivity contribution < 1.29 is 28.6 Å². The number of hydrogen-bond acceptors (Lipinski definition) is 6. The van der Waals surface area contributed by atoms with Crippen LogP contribution >= 0.6 is 0 Å². The van der Waals surface area contributed by atoms with Gasteiger partial charge in [-0.3, -0.25) is 14.4 Å². The van der Waals surface area contributed by atoms with E-state index in [1.54, 1.807) is 0 Å². The van der Waals surface area contributed by atoms with Crippen molar-refractivity contribution in [2.45, 2.75) is 239 Å². The van der Waals surface area contributed by atoms with E-state index in [1.807, 2.05) is 12.2 Å². The fraction of sp³-hybridized carbons (Fsp3) is 0.650. The van der Waals surface area contributed by atoms with Gasteiger partial charge in [-0.1, -0.05) is 207 Å². The topological polar surface area (TPSA) is 78.9 Å². The molecule has 0 amide bonds. The van der Waals surface area contributed by atoms with Crippen molar-refractivity contribution in [1.82, 2.24) is 0 Å². The van der Waals surface area contributed by atoms with Gasteiger partial charge in [0, 0.05) is 19.3 Å². The predicted molar refractivity (Wildman–Crippen MR) is 283 cm³/mol. The maximum atomic E-state index is 12.8. The Hall–Kier alpha value is -3.93. The van der Waals surface area contributed by atoms with E-state index in [0.29, 0.717) is 19.3 Å². The molecule has 1 unspecified atom stereocenters. The first-order valence-corrected chi connectivity index (χ1v) is 26.9. The zero-order valence-electron chi connectivity index (χ0n) is 42.7. The fourth-order valence-electron chi connectivity index (χ4n) is 6.96. The van der Waals surface area contributed by atoms with Crippen molar-refractivity contribution >= 4 is 17.9 Å². The van der Waals surface area contributed by atoms with E-state index in [0.717, 1.165) is 116 Å². The van der Waals surface area contributed by atoms with E-state index >= 15 is 0 Å². The molecule has 1 atom stereocenters. The second kappa shape index (κ2) is 53.7. The summed E-state index contributed by atoms with van der Waals surface area (Å²) in [7, 11) is 0. The van der Waals surface area contributed by atoms with E-state index < -0.39 is 6.10 Å². The zero-order chi connectivity index (χ0) is 47.9. The van der Waals surface area contributed by atoms with Crippen molar-refractivity contribution in [3.8, 4) is 0 Å². The summed E-state index contributed by atoms with van der Waals surface area (Å²) in [4.78, 5) is 38.0. The highest BCUT2D eigenvalue weighted by molar-refractivity contribution is 5.71. The number of hydrogen-bond donors (Lipinski definition) is 0. The van der Waals surface area contributed by atoms with E-state index in [9.17, 15) is 14.4 Å². The largest absolute Gasteiger partial charge is 0.462 e. The molecule has 0 heterocycles. The Kier molecular flexibility index (Phi) is 50.5. The first-order chi connectivity index (χ1) is 32.5. The molecule has 0 aliphatic carbocycles. The predicted octanol–water partition coefficient (Wildman–Crippen LogP) is 17.9. The molecule has 0 fully saturated rings. The summed E-state index contributed by atoms with van der Waals surface area (Å²) < 4.78 is 16.7. The second-order valence-corrected chi connectivity index (χ2v) is 17.4. The van der Waals surface area contributed by atoms with Crippen molar-refractivity contribution in [3.05, 3.63) is 109 Å². The Morgan fingerprint density at radius 3 is 1.06 bits per heavy atom. The molecule has 0 N–H and O–H groups in total. The highest BCUT2D eigenvalue weighted by atomic mass is 16.6. The van der Waals surface area contributed by atoms with Crippen LogP contribution in [0.1, 0.15) is 233 Å². The monoisotopic (exact) mass is 915 g/mol. The Labute approximate surface area is 406 Å². The van der Waals surface area contributed by atoms with Gasteiger partial charge in [-0.15, -0.1) is 0 Å². The van der Waals surface area contributed by atoms with Crippen LogP contribution in [0.15, 0.2) is 109 Å². The summed E-state index contributed by atoms with van der Waals surface area (Å²) in [6.45, 7) is 6.39. The molecule has 6 heteroatoms. The highest BCUT2D eigenvalue weighted by Crippen LogP contribution is 2.13. The number of ether oxygens (including phenoxy) is 3. The highest BCUT2D eigenvalue weighted by Gasteiger charge is 2.19. The molecule has 374 valence electrons. The van der Waals surface area contributed by atoms with Crippen molar-refractivity contribution in [1.29, 1.82) is 0 Å². The third-order valence-electron chi connectivity index (χ3n) is 11.0. The van der Waals surface area contributed by atoms with Gasteiger partial charge in [-0.2, -0.15) is 0 Å². The second-order valence-electron chi connectivity index (χ2n) is 17.4. The molecule has 0 spiro atoms. The molecule has 0 rings (SSSR count). The normalized spacial score (nSPS) is 13.0. The minimum absolute atomic E-state index is 0.113. The SMILES string of the molecule is CC/C=C\C/C=C\C/C=C\C/C=C\C/C=C\C/C=C\CCC(=O)OCC(COC(=O)CCCCCCC/C=C\CCCCCCC)OC(=O)CCCCCCC/C=C\C/C=C\CCCCC. The van der Waals surface area contributed by atoms with Gasteiger partial charge in [0.25, 0.3) is 0 Å². The van der Waals surface area contributed by atoms with Gasteiger partial charge >= 0.3 is 17.9 Å². The molecule has 0 bridgehead atoms. The summed E-state index contributed by atoms with van der Waals surface area (Å²) in [5.41, 5.74) is 0. The lowest BCUT2D eigenvalue weighted by Gasteiger charge is -2.18. The quantitative estimate of drug-likeness (QED) is 0.0262. The van der Waals surface area contributed by atoms with Crippen LogP contribution in [0.25, 0.3) is 0 Å². The van der Waals surface area contributed by atoms with Crippen molar-refractivity contribution in [2.75, 3.05) is 13.2 Å². The van der Waals surface area contributed by atoms with Crippen molar-refractivity contribution in [3.63, 3.8) is 0 Å². The van der Waals surface area contributed by atoms with E-state index in [-0.39, 0.29) is 37.5 Å². The molecule has 0 saturated heterocycles. The Balaban J connectivity index is 4.55. The molecule has 6 nitrogen and oxygen atoms in total. The summed E-state index contributed by atoms with van der Waals surface area (Å²) in [6.07, 6.45) is 72.2. The number of carbonyl (C=O) groups is 3.